The van der Waals surface area contributed by atoms with Crippen molar-refractivity contribution in [2.75, 3.05) is 47.0 Å². The lowest BCUT2D eigenvalue weighted by Gasteiger charge is -2.42. The van der Waals surface area contributed by atoms with Crippen molar-refractivity contribution in [1.82, 2.24) is 29.4 Å². The molecule has 0 spiro atoms. The van der Waals surface area contributed by atoms with E-state index >= 15 is 0 Å². The first kappa shape index (κ1) is 24.8. The van der Waals surface area contributed by atoms with Gasteiger partial charge in [0.25, 0.3) is 10.0 Å². The smallest absolute Gasteiger partial charge is 0.340 e. The zero-order valence-electron chi connectivity index (χ0n) is 20.0. The van der Waals surface area contributed by atoms with E-state index in [1.54, 1.807) is 43.3 Å². The fourth-order valence-corrected chi connectivity index (χ4v) is 6.31. The topological polar surface area (TPSA) is 131 Å². The minimum Gasteiger partial charge on any atom is -0.463 e. The molecular weight excluding hydrogens is 510 g/mol. The van der Waals surface area contributed by atoms with Crippen molar-refractivity contribution in [2.45, 2.75) is 30.0 Å². The highest BCUT2D eigenvalue weighted by atomic mass is 35.5. The normalized spacial score (nSPS) is 22.8. The van der Waals surface area contributed by atoms with Crippen LogP contribution in [0.5, 0.6) is 0 Å². The molecule has 194 valence electrons. The number of aromatic nitrogens is 1. The lowest BCUT2D eigenvalue weighted by Crippen LogP contribution is -2.60. The van der Waals surface area contributed by atoms with Gasteiger partial charge in [0.2, 0.25) is 11.8 Å². The van der Waals surface area contributed by atoms with Gasteiger partial charge in [-0.2, -0.15) is 4.31 Å². The van der Waals surface area contributed by atoms with Crippen LogP contribution in [0.2, 0.25) is 5.02 Å². The van der Waals surface area contributed by atoms with Crippen LogP contribution in [-0.2, 0) is 19.6 Å². The lowest BCUT2D eigenvalue weighted by molar-refractivity contribution is -0.130. The molecule has 3 amide bonds. The van der Waals surface area contributed by atoms with Crippen LogP contribution in [0, 0.1) is 0 Å². The van der Waals surface area contributed by atoms with Gasteiger partial charge in [-0.1, -0.05) is 11.6 Å². The molecule has 12 nitrogen and oxygen atoms in total. The summed E-state index contributed by atoms with van der Waals surface area (Å²) in [6.07, 6.45) is 0.642. The minimum atomic E-state index is -3.91. The number of nitrogens with one attached hydrogen (secondary N) is 2. The molecule has 2 unspecified atom stereocenters. The fraction of sp³-hybridized carbons (Fsp3) is 0.500. The molecule has 4 heterocycles. The number of rotatable bonds is 4. The summed E-state index contributed by atoms with van der Waals surface area (Å²) in [6, 6.07) is 5.61. The van der Waals surface area contributed by atoms with Gasteiger partial charge in [0, 0.05) is 62.6 Å². The van der Waals surface area contributed by atoms with E-state index in [0.29, 0.717) is 41.5 Å². The maximum atomic E-state index is 13.5. The van der Waals surface area contributed by atoms with Crippen LogP contribution in [-0.4, -0.2) is 109 Å². The molecule has 2 saturated heterocycles. The van der Waals surface area contributed by atoms with Crippen LogP contribution in [0.3, 0.4) is 0 Å². The number of aromatic amines is 1. The van der Waals surface area contributed by atoms with Gasteiger partial charge in [0.05, 0.1) is 12.1 Å². The van der Waals surface area contributed by atoms with Gasteiger partial charge in [0.1, 0.15) is 11.8 Å². The largest absolute Gasteiger partial charge is 0.463 e. The summed E-state index contributed by atoms with van der Waals surface area (Å²) in [5.41, 5.74) is 0.650. The Kier molecular flexibility index (Phi) is 6.57. The number of halogens is 1. The van der Waals surface area contributed by atoms with Crippen molar-refractivity contribution < 1.29 is 22.7 Å². The van der Waals surface area contributed by atoms with E-state index in [1.165, 1.54) is 14.2 Å². The number of piperazine rings is 1. The summed E-state index contributed by atoms with van der Waals surface area (Å²) >= 11 is 6.05. The maximum absolute atomic E-state index is 13.5. The monoisotopic (exact) mass is 537 g/mol. The highest BCUT2D eigenvalue weighted by Crippen LogP contribution is 2.27. The van der Waals surface area contributed by atoms with Crippen molar-refractivity contribution in [3.8, 4) is 0 Å². The van der Waals surface area contributed by atoms with E-state index in [4.69, 9.17) is 16.3 Å². The number of urea groups is 1. The number of nitrogens with zero attached hydrogens (tertiary/aromatic N) is 5. The van der Waals surface area contributed by atoms with Gasteiger partial charge in [-0.25, -0.2) is 18.2 Å². The summed E-state index contributed by atoms with van der Waals surface area (Å²) in [5.74, 6) is 0.265. The van der Waals surface area contributed by atoms with Gasteiger partial charge < -0.3 is 19.5 Å². The van der Waals surface area contributed by atoms with Gasteiger partial charge in [-0.15, -0.1) is 5.10 Å². The van der Waals surface area contributed by atoms with Crippen molar-refractivity contribution in [3.63, 3.8) is 0 Å². The van der Waals surface area contributed by atoms with Crippen molar-refractivity contribution in [2.24, 2.45) is 5.10 Å². The Morgan fingerprint density at radius 1 is 1.22 bits per heavy atom. The maximum Gasteiger partial charge on any atom is 0.340 e. The number of hydrogen-bond acceptors (Lipinski definition) is 7. The molecule has 3 aliphatic heterocycles. The Labute approximate surface area is 213 Å². The third-order valence-electron chi connectivity index (χ3n) is 6.69. The summed E-state index contributed by atoms with van der Waals surface area (Å²) in [4.78, 5) is 32.0. The Balaban J connectivity index is 1.39. The number of hydrazone groups is 1. The summed E-state index contributed by atoms with van der Waals surface area (Å²) in [6.45, 7) is 0.937. The average Bonchev–Trinajstić information content (AvgIpc) is 3.50. The predicted octanol–water partition coefficient (Wildman–Crippen LogP) is 1.06. The molecule has 14 heteroatoms. The second-order valence-electron chi connectivity index (χ2n) is 9.25. The molecule has 0 bridgehead atoms. The molecule has 1 aromatic carbocycles. The standard InChI is InChI=1S/C22H28ClN7O5S/c1-27(2)20(31)11-16-12-28(36(33,34)19-10-14-9-15(23)3-4-17(14)25-19)7-8-29(16)22(32)30-6-5-18-21(26-30)35-13-24-18/h3-4,9-10,16,18,24-25H,5-8,11-13H2,1-2H3. The van der Waals surface area contributed by atoms with Crippen LogP contribution in [0.25, 0.3) is 10.9 Å². The van der Waals surface area contributed by atoms with E-state index in [1.807, 2.05) is 0 Å². The minimum absolute atomic E-state index is 0.00616. The Hall–Kier alpha value is -2.87. The second kappa shape index (κ2) is 9.54. The first-order valence-corrected chi connectivity index (χ1v) is 13.5. The molecular formula is C22H28ClN7O5S. The van der Waals surface area contributed by atoms with Crippen LogP contribution in [0.1, 0.15) is 12.8 Å². The summed E-state index contributed by atoms with van der Waals surface area (Å²) < 4.78 is 33.8. The molecule has 2 fully saturated rings. The van der Waals surface area contributed by atoms with E-state index in [-0.39, 0.29) is 49.1 Å². The average molecular weight is 538 g/mol. The number of H-pyrrole nitrogens is 1. The molecule has 2 atom stereocenters. The fourth-order valence-electron chi connectivity index (χ4n) is 4.65. The van der Waals surface area contributed by atoms with E-state index in [2.05, 4.69) is 15.4 Å². The molecule has 0 radical (unpaired) electrons. The Bertz CT molecular complexity index is 1330. The summed E-state index contributed by atoms with van der Waals surface area (Å²) in [7, 11) is -0.654. The molecule has 0 aliphatic carbocycles. The van der Waals surface area contributed by atoms with E-state index < -0.39 is 16.1 Å². The Morgan fingerprint density at radius 2 is 2.03 bits per heavy atom. The first-order chi connectivity index (χ1) is 17.1. The van der Waals surface area contributed by atoms with Gasteiger partial charge in [-0.3, -0.25) is 10.1 Å². The van der Waals surface area contributed by atoms with Gasteiger partial charge in [-0.05, 0) is 30.7 Å². The predicted molar refractivity (Wildman–Crippen MR) is 133 cm³/mol. The molecule has 3 aliphatic rings. The quantitative estimate of drug-likeness (QED) is 0.599. The second-order valence-corrected chi connectivity index (χ2v) is 11.6. The molecule has 2 aromatic rings. The molecule has 1 aromatic heterocycles. The number of amides is 3. The first-order valence-electron chi connectivity index (χ1n) is 11.6. The molecule has 2 N–H and O–H groups in total. The highest BCUT2D eigenvalue weighted by Gasteiger charge is 2.41. The SMILES string of the molecule is CN(C)C(=O)CC1CN(S(=O)(=O)c2cc3cc(Cl)ccc3[nH]2)CCN1C(=O)N1CCC2NCOC2=N1. The summed E-state index contributed by atoms with van der Waals surface area (Å²) in [5, 5.41) is 10.1. The van der Waals surface area contributed by atoms with E-state index in [0.717, 1.165) is 0 Å². The molecule has 36 heavy (non-hydrogen) atoms. The van der Waals surface area contributed by atoms with Crippen molar-refractivity contribution >= 4 is 50.4 Å². The van der Waals surface area contributed by atoms with Crippen LogP contribution >= 0.6 is 11.6 Å². The molecule has 5 rings (SSSR count). The number of benzene rings is 1. The number of carbonyl (C=O) groups excluding carboxylic acids is 2. The zero-order chi connectivity index (χ0) is 25.6. The van der Waals surface area contributed by atoms with Crippen LogP contribution in [0.15, 0.2) is 34.4 Å². The number of sulfonamides is 1. The Morgan fingerprint density at radius 3 is 2.81 bits per heavy atom. The highest BCUT2D eigenvalue weighted by molar-refractivity contribution is 7.89. The van der Waals surface area contributed by atoms with Crippen LogP contribution in [0.4, 0.5) is 4.79 Å². The van der Waals surface area contributed by atoms with E-state index in [9.17, 15) is 18.0 Å². The zero-order valence-corrected chi connectivity index (χ0v) is 21.5. The third kappa shape index (κ3) is 4.63. The van der Waals surface area contributed by atoms with Crippen molar-refractivity contribution in [3.05, 3.63) is 29.3 Å². The number of ether oxygens (including phenoxy) is 1. The van der Waals surface area contributed by atoms with Gasteiger partial charge in [0.15, 0.2) is 0 Å². The third-order valence-corrected chi connectivity index (χ3v) is 8.72. The lowest BCUT2D eigenvalue weighted by atomic mass is 10.1. The van der Waals surface area contributed by atoms with Crippen molar-refractivity contribution in [1.29, 1.82) is 0 Å². The number of fused-ring (bicyclic) bond motifs is 2. The van der Waals surface area contributed by atoms with Gasteiger partial charge >= 0.3 is 6.03 Å². The number of hydrogen-bond donors (Lipinski definition) is 2. The molecule has 0 saturated carbocycles. The number of carbonyl (C=O) groups is 2. The van der Waals surface area contributed by atoms with Crippen LogP contribution < -0.4 is 5.32 Å².